The van der Waals surface area contributed by atoms with E-state index in [1.54, 1.807) is 6.82 Å². The van der Waals surface area contributed by atoms with Gasteiger partial charge in [-0.15, -0.1) is 0 Å². The Hall–Kier alpha value is -3.41. The number of primary amides is 1. The van der Waals surface area contributed by atoms with Crippen molar-refractivity contribution in [2.24, 2.45) is 5.73 Å². The molecule has 0 bridgehead atoms. The molecule has 1 atom stereocenters. The lowest BCUT2D eigenvalue weighted by molar-refractivity contribution is -0.137. The van der Waals surface area contributed by atoms with Gasteiger partial charge in [0, 0.05) is 5.56 Å². The summed E-state index contributed by atoms with van der Waals surface area (Å²) in [5.41, 5.74) is 3.73. The molecule has 6 nitrogen and oxygen atoms in total. The highest BCUT2D eigenvalue weighted by molar-refractivity contribution is 6.52. The lowest BCUT2D eigenvalue weighted by Gasteiger charge is -2.15. The SMILES string of the molecule is C[B]c1oc(C(CO)Oc2ccc(F)c(C(N)=O)c2F)nc1-c1ccc(C(F)(F)F)cc1. The maximum Gasteiger partial charge on any atom is 0.416 e. The maximum atomic E-state index is 14.4. The molecule has 167 valence electrons. The van der Waals surface area contributed by atoms with E-state index in [1.807, 2.05) is 0 Å². The zero-order valence-electron chi connectivity index (χ0n) is 16.4. The molecule has 2 aromatic carbocycles. The monoisotopic (exact) mass is 453 g/mol. The normalized spacial score (nSPS) is 12.5. The summed E-state index contributed by atoms with van der Waals surface area (Å²) >= 11 is 0. The van der Waals surface area contributed by atoms with Crippen molar-refractivity contribution in [3.05, 3.63) is 65.1 Å². The van der Waals surface area contributed by atoms with E-state index in [9.17, 15) is 31.9 Å². The third kappa shape index (κ3) is 4.59. The Morgan fingerprint density at radius 2 is 1.88 bits per heavy atom. The highest BCUT2D eigenvalue weighted by Gasteiger charge is 2.31. The molecule has 1 heterocycles. The number of halogens is 5. The minimum Gasteiger partial charge on any atom is -0.475 e. The van der Waals surface area contributed by atoms with Crippen LogP contribution in [-0.2, 0) is 6.18 Å². The lowest BCUT2D eigenvalue weighted by atomic mass is 9.77. The zero-order chi connectivity index (χ0) is 23.6. The molecular formula is C20H15BF5N2O4. The number of alkyl halides is 3. The van der Waals surface area contributed by atoms with Crippen molar-refractivity contribution >= 4 is 18.8 Å². The van der Waals surface area contributed by atoms with Crippen molar-refractivity contribution in [1.82, 2.24) is 4.98 Å². The fraction of sp³-hybridized carbons (Fsp3) is 0.200. The number of rotatable bonds is 7. The number of aliphatic hydroxyl groups is 1. The Morgan fingerprint density at radius 3 is 2.41 bits per heavy atom. The van der Waals surface area contributed by atoms with Crippen molar-refractivity contribution in [2.45, 2.75) is 19.1 Å². The molecule has 1 amide bonds. The first-order chi connectivity index (χ1) is 15.1. The number of nitrogens with zero attached hydrogens (tertiary/aromatic N) is 1. The molecule has 1 unspecified atom stereocenters. The minimum atomic E-state index is -4.51. The molecule has 1 aromatic heterocycles. The fourth-order valence-corrected chi connectivity index (χ4v) is 2.88. The van der Waals surface area contributed by atoms with Crippen molar-refractivity contribution in [1.29, 1.82) is 0 Å². The molecule has 3 aromatic rings. The molecule has 0 aliphatic carbocycles. The number of amides is 1. The van der Waals surface area contributed by atoms with Gasteiger partial charge in [0.15, 0.2) is 17.7 Å². The topological polar surface area (TPSA) is 98.6 Å². The predicted octanol–water partition coefficient (Wildman–Crippen LogP) is 3.23. The molecule has 0 fully saturated rings. The van der Waals surface area contributed by atoms with Crippen LogP contribution >= 0.6 is 0 Å². The van der Waals surface area contributed by atoms with E-state index in [0.29, 0.717) is 5.56 Å². The highest BCUT2D eigenvalue weighted by atomic mass is 19.4. The smallest absolute Gasteiger partial charge is 0.416 e. The van der Waals surface area contributed by atoms with Gasteiger partial charge in [-0.1, -0.05) is 19.0 Å². The van der Waals surface area contributed by atoms with E-state index in [2.05, 4.69) is 4.98 Å². The van der Waals surface area contributed by atoms with E-state index < -0.39 is 53.3 Å². The molecule has 0 saturated heterocycles. The number of carbonyl (C=O) groups excluding carboxylic acids is 1. The Kier molecular flexibility index (Phi) is 6.54. The molecular weight excluding hydrogens is 438 g/mol. The molecule has 0 spiro atoms. The van der Waals surface area contributed by atoms with Crippen LogP contribution < -0.4 is 16.1 Å². The first-order valence-corrected chi connectivity index (χ1v) is 9.09. The van der Waals surface area contributed by atoms with E-state index in [0.717, 1.165) is 24.3 Å². The standard InChI is InChI=1S/C20H15BF5N2O4/c1-21-17-16(9-2-4-10(5-3-9)20(24,25)26)28-19(32-17)13(8-29)31-12-7-6-11(22)14(15(12)23)18(27)30/h2-7,13,29H,8H2,1H3,(H2,27,30). The van der Waals surface area contributed by atoms with E-state index in [1.165, 1.54) is 19.4 Å². The number of hydrogen-bond acceptors (Lipinski definition) is 5. The molecule has 3 N–H and O–H groups in total. The summed E-state index contributed by atoms with van der Waals surface area (Å²) in [6.07, 6.45) is -5.89. The van der Waals surface area contributed by atoms with Crippen molar-refractivity contribution in [3.63, 3.8) is 0 Å². The number of aromatic nitrogens is 1. The number of oxazole rings is 1. The second kappa shape index (κ2) is 8.99. The average molecular weight is 453 g/mol. The summed E-state index contributed by atoms with van der Waals surface area (Å²) in [6, 6.07) is 5.81. The van der Waals surface area contributed by atoms with Crippen molar-refractivity contribution in [2.75, 3.05) is 6.61 Å². The number of carbonyl (C=O) groups is 1. The predicted molar refractivity (Wildman–Crippen MR) is 104 cm³/mol. The number of benzene rings is 2. The van der Waals surface area contributed by atoms with Gasteiger partial charge < -0.3 is 20.0 Å². The summed E-state index contributed by atoms with van der Waals surface area (Å²) in [6.45, 7) is 0.838. The quantitative estimate of drug-likeness (QED) is 0.423. The molecule has 12 heteroatoms. The molecule has 32 heavy (non-hydrogen) atoms. The van der Waals surface area contributed by atoms with Crippen molar-refractivity contribution < 1.29 is 41.0 Å². The molecule has 0 saturated carbocycles. The second-order valence-corrected chi connectivity index (χ2v) is 6.52. The molecule has 3 rings (SSSR count). The number of nitrogens with two attached hydrogens (primary N) is 1. The van der Waals surface area contributed by atoms with Gasteiger partial charge in [-0.25, -0.2) is 13.8 Å². The van der Waals surface area contributed by atoms with Crippen LogP contribution in [0.5, 0.6) is 5.75 Å². The van der Waals surface area contributed by atoms with Gasteiger partial charge in [0.2, 0.25) is 13.2 Å². The van der Waals surface area contributed by atoms with E-state index >= 15 is 0 Å². The van der Waals surface area contributed by atoms with Crippen LogP contribution in [-0.4, -0.2) is 29.9 Å². The summed E-state index contributed by atoms with van der Waals surface area (Å²) in [7, 11) is 1.49. The van der Waals surface area contributed by atoms with Crippen LogP contribution in [0.4, 0.5) is 22.0 Å². The Morgan fingerprint density at radius 1 is 1.22 bits per heavy atom. The van der Waals surface area contributed by atoms with Gasteiger partial charge in [-0.2, -0.15) is 13.2 Å². The van der Waals surface area contributed by atoms with E-state index in [4.69, 9.17) is 14.9 Å². The minimum absolute atomic E-state index is 0.163. The first kappa shape index (κ1) is 23.3. The van der Waals surface area contributed by atoms with Crippen LogP contribution in [0.15, 0.2) is 40.8 Å². The highest BCUT2D eigenvalue weighted by Crippen LogP contribution is 2.32. The molecule has 0 aliphatic rings. The fourth-order valence-electron chi connectivity index (χ4n) is 2.88. The van der Waals surface area contributed by atoms with Crippen molar-refractivity contribution in [3.8, 4) is 17.0 Å². The van der Waals surface area contributed by atoms with Gasteiger partial charge in [0.1, 0.15) is 17.1 Å². The van der Waals surface area contributed by atoms with Gasteiger partial charge in [-0.3, -0.25) is 4.79 Å². The van der Waals surface area contributed by atoms with Crippen LogP contribution in [0, 0.1) is 11.6 Å². The third-order valence-electron chi connectivity index (χ3n) is 4.43. The summed E-state index contributed by atoms with van der Waals surface area (Å²) < 4.78 is 77.4. The summed E-state index contributed by atoms with van der Waals surface area (Å²) in [5, 5.41) is 9.69. The Labute approximate surface area is 179 Å². The molecule has 0 aliphatic heterocycles. The largest absolute Gasteiger partial charge is 0.475 e. The lowest BCUT2D eigenvalue weighted by Crippen LogP contribution is -2.18. The second-order valence-electron chi connectivity index (χ2n) is 6.52. The zero-order valence-corrected chi connectivity index (χ0v) is 16.4. The number of hydrogen-bond donors (Lipinski definition) is 2. The first-order valence-electron chi connectivity index (χ1n) is 9.09. The Balaban J connectivity index is 1.95. The van der Waals surface area contributed by atoms with Gasteiger partial charge in [0.25, 0.3) is 5.91 Å². The molecule has 1 radical (unpaired) electrons. The van der Waals surface area contributed by atoms with E-state index in [-0.39, 0.29) is 17.2 Å². The van der Waals surface area contributed by atoms with Crippen LogP contribution in [0.1, 0.15) is 27.9 Å². The van der Waals surface area contributed by atoms with Crippen LogP contribution in [0.25, 0.3) is 11.3 Å². The number of ether oxygens (including phenoxy) is 1. The average Bonchev–Trinajstić information content (AvgIpc) is 3.17. The number of aliphatic hydroxyl groups excluding tert-OH is 1. The summed E-state index contributed by atoms with van der Waals surface area (Å²) in [5.74, 6) is -4.72. The van der Waals surface area contributed by atoms with Gasteiger partial charge in [-0.05, 0) is 24.3 Å². The van der Waals surface area contributed by atoms with Gasteiger partial charge in [0.05, 0.1) is 17.8 Å². The third-order valence-corrected chi connectivity index (χ3v) is 4.43. The summed E-state index contributed by atoms with van der Waals surface area (Å²) in [4.78, 5) is 15.4. The Bertz CT molecular complexity index is 1130. The maximum absolute atomic E-state index is 14.4. The van der Waals surface area contributed by atoms with Crippen LogP contribution in [0.3, 0.4) is 0 Å². The van der Waals surface area contributed by atoms with Crippen LogP contribution in [0.2, 0.25) is 6.82 Å². The van der Waals surface area contributed by atoms with Gasteiger partial charge >= 0.3 is 6.18 Å².